The molecule has 3 heterocycles. The molecule has 29 heavy (non-hydrogen) atoms. The van der Waals surface area contributed by atoms with Gasteiger partial charge in [0.25, 0.3) is 11.8 Å². The van der Waals surface area contributed by atoms with Gasteiger partial charge in [-0.3, -0.25) is 14.7 Å². The summed E-state index contributed by atoms with van der Waals surface area (Å²) in [6, 6.07) is 11.9. The molecule has 1 aromatic carbocycles. The Morgan fingerprint density at radius 1 is 1.14 bits per heavy atom. The highest BCUT2D eigenvalue weighted by atomic mass is 16.2. The second-order valence-electron chi connectivity index (χ2n) is 7.71. The van der Waals surface area contributed by atoms with Crippen LogP contribution in [-0.2, 0) is 19.4 Å². The molecule has 0 spiro atoms. The van der Waals surface area contributed by atoms with Crippen molar-refractivity contribution < 1.29 is 9.59 Å². The van der Waals surface area contributed by atoms with Crippen LogP contribution in [0.2, 0.25) is 0 Å². The summed E-state index contributed by atoms with van der Waals surface area (Å²) in [6.45, 7) is 0.997. The Hall–Kier alpha value is -3.35. The fourth-order valence-electron chi connectivity index (χ4n) is 4.44. The molecule has 3 N–H and O–H groups in total. The van der Waals surface area contributed by atoms with Crippen molar-refractivity contribution in [3.05, 3.63) is 76.4 Å². The summed E-state index contributed by atoms with van der Waals surface area (Å²) in [7, 11) is 0. The zero-order chi connectivity index (χ0) is 19.8. The fraction of sp³-hybridized carbons (Fsp3) is 0.318. The smallest absolute Gasteiger partial charge is 0.272 e. The summed E-state index contributed by atoms with van der Waals surface area (Å²) < 4.78 is 0. The number of hydrogen-bond acceptors (Lipinski definition) is 3. The molecular weight excluding hydrogens is 366 g/mol. The third-order valence-corrected chi connectivity index (χ3v) is 5.94. The molecule has 2 amide bonds. The number of H-pyrrole nitrogens is 2. The van der Waals surface area contributed by atoms with Crippen LogP contribution in [-0.4, -0.2) is 38.4 Å². The Kier molecular flexibility index (Phi) is 4.42. The average Bonchev–Trinajstić information content (AvgIpc) is 3.43. The largest absolute Gasteiger partial charge is 0.357 e. The van der Waals surface area contributed by atoms with E-state index in [0.717, 1.165) is 30.5 Å². The third-order valence-electron chi connectivity index (χ3n) is 5.94. The second-order valence-corrected chi connectivity index (χ2v) is 7.71. The summed E-state index contributed by atoms with van der Waals surface area (Å²) in [5, 5.41) is 10.4. The number of hydrogen-bond donors (Lipinski definition) is 3. The van der Waals surface area contributed by atoms with Crippen molar-refractivity contribution in [3.63, 3.8) is 0 Å². The number of amides is 2. The van der Waals surface area contributed by atoms with E-state index in [1.54, 1.807) is 17.2 Å². The SMILES string of the molecule is O=C(NC1CCCc2ccccc21)c1n[nH]c2c1CCN(C(=O)c1ccc[nH]1)C2. The lowest BCUT2D eigenvalue weighted by atomic mass is 9.87. The normalized spacial score (nSPS) is 18.1. The summed E-state index contributed by atoms with van der Waals surface area (Å²) in [5.74, 6) is -0.187. The molecule has 0 saturated carbocycles. The molecule has 0 fully saturated rings. The van der Waals surface area contributed by atoms with E-state index in [1.165, 1.54) is 11.1 Å². The van der Waals surface area contributed by atoms with Crippen LogP contribution in [0.5, 0.6) is 0 Å². The van der Waals surface area contributed by atoms with Crippen LogP contribution in [0.1, 0.15) is 62.2 Å². The highest BCUT2D eigenvalue weighted by Gasteiger charge is 2.30. The Balaban J connectivity index is 1.32. The van der Waals surface area contributed by atoms with E-state index >= 15 is 0 Å². The first-order valence-corrected chi connectivity index (χ1v) is 10.1. The van der Waals surface area contributed by atoms with Gasteiger partial charge >= 0.3 is 0 Å². The van der Waals surface area contributed by atoms with Crippen LogP contribution in [0.4, 0.5) is 0 Å². The number of aromatic nitrogens is 3. The zero-order valence-corrected chi connectivity index (χ0v) is 16.1. The van der Waals surface area contributed by atoms with Crippen LogP contribution in [0.3, 0.4) is 0 Å². The molecule has 7 nitrogen and oxygen atoms in total. The van der Waals surface area contributed by atoms with E-state index in [2.05, 4.69) is 32.6 Å². The number of benzene rings is 1. The Morgan fingerprint density at radius 3 is 2.90 bits per heavy atom. The molecule has 0 bridgehead atoms. The molecule has 3 aromatic rings. The van der Waals surface area contributed by atoms with Gasteiger partial charge in [-0.25, -0.2) is 0 Å². The van der Waals surface area contributed by atoms with E-state index in [1.807, 2.05) is 18.2 Å². The summed E-state index contributed by atoms with van der Waals surface area (Å²) in [4.78, 5) is 30.3. The molecule has 5 rings (SSSR count). The predicted molar refractivity (Wildman–Crippen MR) is 107 cm³/mol. The maximum Gasteiger partial charge on any atom is 0.272 e. The Morgan fingerprint density at radius 2 is 2.03 bits per heavy atom. The third kappa shape index (κ3) is 3.22. The predicted octanol–water partition coefficient (Wildman–Crippen LogP) is 2.74. The summed E-state index contributed by atoms with van der Waals surface area (Å²) in [5.41, 5.74) is 5.30. The van der Waals surface area contributed by atoms with E-state index in [9.17, 15) is 9.59 Å². The minimum Gasteiger partial charge on any atom is -0.357 e. The van der Waals surface area contributed by atoms with Gasteiger partial charge in [0.15, 0.2) is 5.69 Å². The van der Waals surface area contributed by atoms with Crippen LogP contribution in [0.15, 0.2) is 42.6 Å². The van der Waals surface area contributed by atoms with E-state index < -0.39 is 0 Å². The first-order chi connectivity index (χ1) is 14.2. The average molecular weight is 389 g/mol. The maximum atomic E-state index is 13.0. The molecule has 0 radical (unpaired) electrons. The van der Waals surface area contributed by atoms with Crippen molar-refractivity contribution in [1.29, 1.82) is 0 Å². The van der Waals surface area contributed by atoms with Crippen LogP contribution in [0, 0.1) is 0 Å². The lowest BCUT2D eigenvalue weighted by Gasteiger charge is -2.27. The van der Waals surface area contributed by atoms with Gasteiger partial charge in [0.05, 0.1) is 18.3 Å². The number of rotatable bonds is 3. The van der Waals surface area contributed by atoms with Gasteiger partial charge in [0, 0.05) is 18.3 Å². The van der Waals surface area contributed by atoms with E-state index in [4.69, 9.17) is 0 Å². The fourth-order valence-corrected chi connectivity index (χ4v) is 4.44. The second kappa shape index (κ2) is 7.24. The Bertz CT molecular complexity index is 1050. The highest BCUT2D eigenvalue weighted by molar-refractivity contribution is 5.95. The molecule has 1 unspecified atom stereocenters. The molecular formula is C22H23N5O2. The van der Waals surface area contributed by atoms with Crippen LogP contribution < -0.4 is 5.32 Å². The van der Waals surface area contributed by atoms with Crippen molar-refractivity contribution in [3.8, 4) is 0 Å². The van der Waals surface area contributed by atoms with Crippen molar-refractivity contribution in [2.24, 2.45) is 0 Å². The van der Waals surface area contributed by atoms with Gasteiger partial charge in [-0.1, -0.05) is 24.3 Å². The van der Waals surface area contributed by atoms with Gasteiger partial charge in [-0.05, 0) is 48.9 Å². The number of aromatic amines is 2. The quantitative estimate of drug-likeness (QED) is 0.643. The lowest BCUT2D eigenvalue weighted by Crippen LogP contribution is -2.37. The van der Waals surface area contributed by atoms with E-state index in [0.29, 0.717) is 30.9 Å². The van der Waals surface area contributed by atoms with Crippen molar-refractivity contribution >= 4 is 11.8 Å². The minimum atomic E-state index is -0.145. The molecule has 1 atom stereocenters. The van der Waals surface area contributed by atoms with Gasteiger partial charge < -0.3 is 15.2 Å². The molecule has 1 aliphatic heterocycles. The number of nitrogens with zero attached hydrogens (tertiary/aromatic N) is 2. The van der Waals surface area contributed by atoms with Crippen molar-refractivity contribution in [2.45, 2.75) is 38.3 Å². The van der Waals surface area contributed by atoms with Gasteiger partial charge in [0.1, 0.15) is 5.69 Å². The maximum absolute atomic E-state index is 13.0. The first kappa shape index (κ1) is 17.7. The molecule has 7 heteroatoms. The Labute approximate surface area is 168 Å². The molecule has 0 saturated heterocycles. The minimum absolute atomic E-state index is 0.0225. The van der Waals surface area contributed by atoms with Crippen LogP contribution >= 0.6 is 0 Å². The van der Waals surface area contributed by atoms with Gasteiger partial charge in [-0.2, -0.15) is 5.10 Å². The lowest BCUT2D eigenvalue weighted by molar-refractivity contribution is 0.0727. The highest BCUT2D eigenvalue weighted by Crippen LogP contribution is 2.30. The number of aryl methyl sites for hydroxylation is 1. The number of fused-ring (bicyclic) bond motifs is 2. The number of carbonyl (C=O) groups excluding carboxylic acids is 2. The molecule has 1 aliphatic carbocycles. The molecule has 148 valence electrons. The zero-order valence-electron chi connectivity index (χ0n) is 16.1. The molecule has 2 aromatic heterocycles. The summed E-state index contributed by atoms with van der Waals surface area (Å²) >= 11 is 0. The van der Waals surface area contributed by atoms with Crippen LogP contribution in [0.25, 0.3) is 0 Å². The monoisotopic (exact) mass is 389 g/mol. The topological polar surface area (TPSA) is 93.9 Å². The van der Waals surface area contributed by atoms with Gasteiger partial charge in [-0.15, -0.1) is 0 Å². The number of carbonyl (C=O) groups is 2. The number of nitrogens with one attached hydrogen (secondary N) is 3. The first-order valence-electron chi connectivity index (χ1n) is 10.1. The van der Waals surface area contributed by atoms with E-state index in [-0.39, 0.29) is 17.9 Å². The standard InChI is InChI=1S/C22H23N5O2/c28-21(24-17-8-3-6-14-5-1-2-7-15(14)17)20-16-10-12-27(13-19(16)25-26-20)22(29)18-9-4-11-23-18/h1-2,4-5,7,9,11,17,23H,3,6,8,10,12-13H2,(H,24,28)(H,25,26). The summed E-state index contributed by atoms with van der Waals surface area (Å²) in [6.07, 6.45) is 5.42. The molecule has 2 aliphatic rings. The van der Waals surface area contributed by atoms with Crippen molar-refractivity contribution in [2.75, 3.05) is 6.54 Å². The van der Waals surface area contributed by atoms with Crippen molar-refractivity contribution in [1.82, 2.24) is 25.4 Å². The van der Waals surface area contributed by atoms with Gasteiger partial charge in [0.2, 0.25) is 0 Å².